The summed E-state index contributed by atoms with van der Waals surface area (Å²) in [5.74, 6) is -1.36. The molecule has 5 nitrogen and oxygen atoms in total. The Morgan fingerprint density at radius 2 is 1.38 bits per heavy atom. The quantitative estimate of drug-likeness (QED) is 0.648. The third kappa shape index (κ3) is 3.77. The Morgan fingerprint density at radius 1 is 0.828 bits per heavy atom. The Kier molecular flexibility index (Phi) is 5.14. The van der Waals surface area contributed by atoms with Gasteiger partial charge in [-0.2, -0.15) is 0 Å². The zero-order valence-corrected chi connectivity index (χ0v) is 16.1. The molecule has 6 heteroatoms. The Bertz CT molecular complexity index is 1050. The van der Waals surface area contributed by atoms with Gasteiger partial charge in [0.15, 0.2) is 0 Å². The first-order valence-corrected chi connectivity index (χ1v) is 9.49. The van der Waals surface area contributed by atoms with Gasteiger partial charge in [-0.15, -0.1) is 0 Å². The molecule has 1 atom stereocenters. The van der Waals surface area contributed by atoms with E-state index in [0.29, 0.717) is 21.8 Å². The van der Waals surface area contributed by atoms with Crippen molar-refractivity contribution >= 4 is 35.0 Å². The second kappa shape index (κ2) is 7.89. The first-order chi connectivity index (χ1) is 14.0. The number of hydrogen-bond donors (Lipinski definition) is 1. The second-order valence-electron chi connectivity index (χ2n) is 6.73. The van der Waals surface area contributed by atoms with Crippen molar-refractivity contribution < 1.29 is 14.4 Å². The normalized spacial score (nSPS) is 13.9. The molecule has 144 valence electrons. The van der Waals surface area contributed by atoms with Gasteiger partial charge in [0.1, 0.15) is 6.04 Å². The van der Waals surface area contributed by atoms with E-state index in [1.165, 1.54) is 0 Å². The van der Waals surface area contributed by atoms with Gasteiger partial charge in [0.25, 0.3) is 11.8 Å². The molecule has 0 unspecified atom stereocenters. The lowest BCUT2D eigenvalue weighted by atomic mass is 10.0. The first kappa shape index (κ1) is 18.9. The fourth-order valence-electron chi connectivity index (χ4n) is 3.39. The molecular weight excluding hydrogens is 388 g/mol. The van der Waals surface area contributed by atoms with Crippen molar-refractivity contribution in [3.05, 3.63) is 101 Å². The van der Waals surface area contributed by atoms with Crippen LogP contribution in [0.2, 0.25) is 5.02 Å². The first-order valence-electron chi connectivity index (χ1n) is 9.12. The standard InChI is InChI=1S/C23H17ClN2O3/c24-16-10-12-17(13-11-16)25-21(27)20(14-15-6-2-1-3-7-15)26-22(28)18-8-4-5-9-19(18)23(26)29/h1-13,20H,14H2,(H,25,27)/t20-/m1/s1. The molecular formula is C23H17ClN2O3. The lowest BCUT2D eigenvalue weighted by Gasteiger charge is -2.25. The Labute approximate surface area is 172 Å². The van der Waals surface area contributed by atoms with E-state index in [1.54, 1.807) is 48.5 Å². The average Bonchev–Trinajstić information content (AvgIpc) is 2.99. The highest BCUT2D eigenvalue weighted by atomic mass is 35.5. The van der Waals surface area contributed by atoms with Crippen LogP contribution in [-0.4, -0.2) is 28.7 Å². The Balaban J connectivity index is 1.67. The molecule has 0 aliphatic carbocycles. The molecule has 0 aromatic heterocycles. The second-order valence-corrected chi connectivity index (χ2v) is 7.16. The van der Waals surface area contributed by atoms with E-state index in [2.05, 4.69) is 5.32 Å². The summed E-state index contributed by atoms with van der Waals surface area (Å²) < 4.78 is 0. The predicted octanol–water partition coefficient (Wildman–Crippen LogP) is 4.19. The van der Waals surface area contributed by atoms with Crippen LogP contribution in [0.1, 0.15) is 26.3 Å². The van der Waals surface area contributed by atoms with Crippen molar-refractivity contribution in [2.24, 2.45) is 0 Å². The molecule has 3 amide bonds. The third-order valence-corrected chi connectivity index (χ3v) is 5.08. The highest BCUT2D eigenvalue weighted by Crippen LogP contribution is 2.26. The number of benzene rings is 3. The highest BCUT2D eigenvalue weighted by Gasteiger charge is 2.42. The summed E-state index contributed by atoms with van der Waals surface area (Å²) in [7, 11) is 0. The molecule has 0 spiro atoms. The van der Waals surface area contributed by atoms with Crippen LogP contribution < -0.4 is 5.32 Å². The summed E-state index contributed by atoms with van der Waals surface area (Å²) in [6, 6.07) is 21.6. The predicted molar refractivity (Wildman–Crippen MR) is 111 cm³/mol. The van der Waals surface area contributed by atoms with Gasteiger partial charge >= 0.3 is 0 Å². The van der Waals surface area contributed by atoms with Gasteiger partial charge in [-0.1, -0.05) is 54.1 Å². The zero-order valence-electron chi connectivity index (χ0n) is 15.3. The van der Waals surface area contributed by atoms with Gasteiger partial charge in [0.2, 0.25) is 5.91 Å². The maximum atomic E-state index is 13.1. The zero-order chi connectivity index (χ0) is 20.4. The van der Waals surface area contributed by atoms with Crippen molar-refractivity contribution in [1.29, 1.82) is 0 Å². The topological polar surface area (TPSA) is 66.5 Å². The molecule has 1 N–H and O–H groups in total. The van der Waals surface area contributed by atoms with Gasteiger partial charge in [-0.3, -0.25) is 19.3 Å². The molecule has 0 fully saturated rings. The fourth-order valence-corrected chi connectivity index (χ4v) is 3.51. The number of imide groups is 1. The van der Waals surface area contributed by atoms with E-state index in [1.807, 2.05) is 30.3 Å². The van der Waals surface area contributed by atoms with Crippen molar-refractivity contribution in [2.75, 3.05) is 5.32 Å². The summed E-state index contributed by atoms with van der Waals surface area (Å²) in [6.07, 6.45) is 0.214. The van der Waals surface area contributed by atoms with Crippen molar-refractivity contribution in [3.8, 4) is 0 Å². The number of carbonyl (C=O) groups excluding carboxylic acids is 3. The number of halogens is 1. The van der Waals surface area contributed by atoms with Crippen LogP contribution in [0.5, 0.6) is 0 Å². The van der Waals surface area contributed by atoms with Crippen LogP contribution in [0.3, 0.4) is 0 Å². The fraction of sp³-hybridized carbons (Fsp3) is 0.0870. The van der Waals surface area contributed by atoms with Crippen LogP contribution in [0.15, 0.2) is 78.9 Å². The summed E-state index contributed by atoms with van der Waals surface area (Å²) in [5.41, 5.74) is 2.01. The van der Waals surface area contributed by atoms with Crippen molar-refractivity contribution in [3.63, 3.8) is 0 Å². The molecule has 0 saturated carbocycles. The van der Waals surface area contributed by atoms with Crippen LogP contribution in [0, 0.1) is 0 Å². The highest BCUT2D eigenvalue weighted by molar-refractivity contribution is 6.30. The van der Waals surface area contributed by atoms with Gasteiger partial charge < -0.3 is 5.32 Å². The van der Waals surface area contributed by atoms with E-state index in [4.69, 9.17) is 11.6 Å². The number of nitrogens with zero attached hydrogens (tertiary/aromatic N) is 1. The van der Waals surface area contributed by atoms with E-state index in [0.717, 1.165) is 10.5 Å². The molecule has 1 heterocycles. The third-order valence-electron chi connectivity index (χ3n) is 4.82. The SMILES string of the molecule is O=C(Nc1ccc(Cl)cc1)[C@@H](Cc1ccccc1)N1C(=O)c2ccccc2C1=O. The molecule has 29 heavy (non-hydrogen) atoms. The number of nitrogens with one attached hydrogen (secondary N) is 1. The molecule has 3 aromatic rings. The number of amides is 3. The van der Waals surface area contributed by atoms with E-state index >= 15 is 0 Å². The number of carbonyl (C=O) groups is 3. The average molecular weight is 405 g/mol. The summed E-state index contributed by atoms with van der Waals surface area (Å²) >= 11 is 5.90. The summed E-state index contributed by atoms with van der Waals surface area (Å²) in [6.45, 7) is 0. The van der Waals surface area contributed by atoms with E-state index in [9.17, 15) is 14.4 Å². The molecule has 1 aliphatic rings. The van der Waals surface area contributed by atoms with Crippen LogP contribution in [0.4, 0.5) is 5.69 Å². The minimum absolute atomic E-state index is 0.214. The Morgan fingerprint density at radius 3 is 1.97 bits per heavy atom. The largest absolute Gasteiger partial charge is 0.324 e. The molecule has 0 radical (unpaired) electrons. The lowest BCUT2D eigenvalue weighted by molar-refractivity contribution is -0.119. The lowest BCUT2D eigenvalue weighted by Crippen LogP contribution is -2.48. The van der Waals surface area contributed by atoms with Crippen LogP contribution in [0.25, 0.3) is 0 Å². The Hall–Kier alpha value is -3.44. The van der Waals surface area contributed by atoms with E-state index in [-0.39, 0.29) is 6.42 Å². The molecule has 1 aliphatic heterocycles. The number of fused-ring (bicyclic) bond motifs is 1. The maximum Gasteiger partial charge on any atom is 0.262 e. The monoisotopic (exact) mass is 404 g/mol. The number of anilines is 1. The minimum atomic E-state index is -0.986. The summed E-state index contributed by atoms with van der Waals surface area (Å²) in [5, 5.41) is 3.34. The molecule has 4 rings (SSSR count). The van der Waals surface area contributed by atoms with E-state index < -0.39 is 23.8 Å². The van der Waals surface area contributed by atoms with Crippen LogP contribution >= 0.6 is 11.6 Å². The van der Waals surface area contributed by atoms with Gasteiger partial charge in [-0.05, 0) is 42.0 Å². The molecule has 0 bridgehead atoms. The van der Waals surface area contributed by atoms with Crippen molar-refractivity contribution in [2.45, 2.75) is 12.5 Å². The van der Waals surface area contributed by atoms with Crippen LogP contribution in [-0.2, 0) is 11.2 Å². The van der Waals surface area contributed by atoms with Gasteiger partial charge in [0.05, 0.1) is 11.1 Å². The minimum Gasteiger partial charge on any atom is -0.324 e. The summed E-state index contributed by atoms with van der Waals surface area (Å²) in [4.78, 5) is 40.1. The molecule has 0 saturated heterocycles. The smallest absolute Gasteiger partial charge is 0.262 e. The van der Waals surface area contributed by atoms with Gasteiger partial charge in [-0.25, -0.2) is 0 Å². The molecule has 3 aromatic carbocycles. The number of rotatable bonds is 5. The van der Waals surface area contributed by atoms with Crippen molar-refractivity contribution in [1.82, 2.24) is 4.90 Å². The maximum absolute atomic E-state index is 13.1. The van der Waals surface area contributed by atoms with Gasteiger partial charge in [0, 0.05) is 17.1 Å². The number of hydrogen-bond acceptors (Lipinski definition) is 3.